The van der Waals surface area contributed by atoms with Gasteiger partial charge in [-0.1, -0.05) is 191 Å². The number of carboxylic acids is 6. The third-order valence-electron chi connectivity index (χ3n) is 11.2. The monoisotopic (exact) mass is 1610 g/mol. The fourth-order valence-electron chi connectivity index (χ4n) is 6.88. The number of nitrogens with zero attached hydrogens (tertiary/aromatic N) is 4. The van der Waals surface area contributed by atoms with E-state index < -0.39 is 35.8 Å². The Kier molecular flexibility index (Phi) is 34.5. The van der Waals surface area contributed by atoms with Crippen molar-refractivity contribution in [1.82, 2.24) is 19.9 Å². The van der Waals surface area contributed by atoms with Gasteiger partial charge in [-0.2, -0.15) is 0 Å². The fraction of sp³-hybridized carbons (Fsp3) is 0. The maximum Gasteiger partial charge on any atom is 3.00 e. The van der Waals surface area contributed by atoms with Crippen molar-refractivity contribution in [3.8, 4) is 0 Å². The number of carbonyl (C=O) groups excluding carboxylic acids is 6. The van der Waals surface area contributed by atoms with Gasteiger partial charge < -0.3 is 59.4 Å². The maximum atomic E-state index is 10.2. The molecule has 454 valence electrons. The van der Waals surface area contributed by atoms with E-state index in [9.17, 15) is 59.4 Å². The third-order valence-corrected chi connectivity index (χ3v) is 12.7. The molecule has 24 heteroatoms. The van der Waals surface area contributed by atoms with E-state index in [-0.39, 0.29) is 113 Å². The topological polar surface area (TPSA) is 292 Å². The summed E-state index contributed by atoms with van der Waals surface area (Å²) in [5.74, 6) is -7.10. The summed E-state index contributed by atoms with van der Waals surface area (Å²) in [6, 6.07) is 59.2. The molecule has 0 bridgehead atoms. The number of aromatic carboxylic acids is 6. The van der Waals surface area contributed by atoms with Gasteiger partial charge in [0.1, 0.15) is 0 Å². The molecule has 0 aliphatic rings. The van der Waals surface area contributed by atoms with Crippen LogP contribution in [0.3, 0.4) is 0 Å². The van der Waals surface area contributed by atoms with Crippen molar-refractivity contribution < 1.29 is 139 Å². The Balaban J connectivity index is 0.000000269. The van der Waals surface area contributed by atoms with Crippen molar-refractivity contribution >= 4 is 149 Å². The molecule has 0 amide bonds. The molecule has 0 N–H and O–H groups in total. The Morgan fingerprint density at radius 3 is 0.478 bits per heavy atom. The summed E-state index contributed by atoms with van der Waals surface area (Å²) in [7, 11) is 0. The van der Waals surface area contributed by atoms with Gasteiger partial charge >= 0.3 is 79.9 Å². The van der Waals surface area contributed by atoms with E-state index in [0.29, 0.717) is 30.1 Å². The molecule has 0 fully saturated rings. The molecule has 0 atom stereocenters. The van der Waals surface area contributed by atoms with Crippen molar-refractivity contribution in [2.75, 3.05) is 0 Å². The number of carbonyl (C=O) groups is 6. The summed E-state index contributed by atoms with van der Waals surface area (Å²) in [5, 5.41) is 68.6. The largest absolute Gasteiger partial charge is 3.00 e. The first-order chi connectivity index (χ1) is 42.1. The van der Waals surface area contributed by atoms with Gasteiger partial charge in [-0.3, -0.25) is 19.9 Å². The molecule has 4 heterocycles. The van der Waals surface area contributed by atoms with E-state index in [1.165, 1.54) is 146 Å². The van der Waals surface area contributed by atoms with Crippen LogP contribution in [0.4, 0.5) is 0 Å². The van der Waals surface area contributed by atoms with Crippen LogP contribution in [0.1, 0.15) is 62.1 Å². The van der Waals surface area contributed by atoms with Crippen LogP contribution in [0.15, 0.2) is 243 Å². The van der Waals surface area contributed by atoms with Crippen LogP contribution in [0.2, 0.25) is 30.1 Å². The van der Waals surface area contributed by atoms with E-state index in [4.69, 9.17) is 69.6 Å². The SMILES string of the molecule is O=C([O-])c1ccc(Cl)cc1.O=C([O-])c1ccc(Cl)cc1.O=C([O-])c1ccc(Cl)cc1.O=C([O-])c1ccc(Cl)cc1.O=C([O-])c1ccc(Cl)cc1.O=C([O-])c1ccc(Cl)cc1.[Gd+3].[Gd+3].c1cnc2c(c1)ccc1cccnc12.c1cnc2c(c1)ccc1cccnc12. The zero-order chi connectivity index (χ0) is 64.1. The average Bonchev–Trinajstić information content (AvgIpc) is 1.07. The van der Waals surface area contributed by atoms with Gasteiger partial charge in [0.25, 0.3) is 0 Å². The Labute approximate surface area is 608 Å². The molecule has 0 unspecified atom stereocenters. The second-order valence-electron chi connectivity index (χ2n) is 17.2. The van der Waals surface area contributed by atoms with Crippen LogP contribution >= 0.6 is 69.6 Å². The molecule has 8 aromatic carbocycles. The number of halogens is 6. The number of pyridine rings is 4. The predicted octanol–water partition coefficient (Wildman–Crippen LogP) is 9.79. The van der Waals surface area contributed by atoms with E-state index in [0.717, 1.165) is 43.6 Å². The zero-order valence-electron chi connectivity index (χ0n) is 45.8. The molecule has 0 aliphatic carbocycles. The molecule has 90 heavy (non-hydrogen) atoms. The average molecular weight is 1610 g/mol. The summed E-state index contributed by atoms with van der Waals surface area (Å²) >= 11 is 33.0. The fourth-order valence-corrected chi connectivity index (χ4v) is 7.63. The Morgan fingerprint density at radius 2 is 0.356 bits per heavy atom. The first-order valence-electron chi connectivity index (χ1n) is 25.1. The molecule has 2 radical (unpaired) electrons. The van der Waals surface area contributed by atoms with Crippen molar-refractivity contribution in [1.29, 1.82) is 0 Å². The van der Waals surface area contributed by atoms with Gasteiger partial charge in [-0.05, 0) is 130 Å². The summed E-state index contributed by atoms with van der Waals surface area (Å²) in [5.41, 5.74) is 4.77. The molecule has 0 saturated carbocycles. The minimum Gasteiger partial charge on any atom is -0.545 e. The van der Waals surface area contributed by atoms with E-state index in [1.54, 1.807) is 24.8 Å². The summed E-state index contributed by atoms with van der Waals surface area (Å²) < 4.78 is 0. The van der Waals surface area contributed by atoms with Gasteiger partial charge in [-0.25, -0.2) is 0 Å². The molecule has 0 aliphatic heterocycles. The molecule has 0 saturated heterocycles. The predicted molar refractivity (Wildman–Crippen MR) is 329 cm³/mol. The second-order valence-corrected chi connectivity index (χ2v) is 19.8. The van der Waals surface area contributed by atoms with Gasteiger partial charge in [-0.15, -0.1) is 0 Å². The summed E-state index contributed by atoms with van der Waals surface area (Å²) in [6.45, 7) is 0. The van der Waals surface area contributed by atoms with Crippen LogP contribution in [-0.4, -0.2) is 55.8 Å². The minimum absolute atomic E-state index is 0. The number of hydrogen-bond acceptors (Lipinski definition) is 16. The number of aromatic nitrogens is 4. The van der Waals surface area contributed by atoms with Gasteiger partial charge in [0.15, 0.2) is 0 Å². The summed E-state index contributed by atoms with van der Waals surface area (Å²) in [4.78, 5) is 78.3. The molecule has 12 rings (SSSR count). The number of hydrogen-bond donors (Lipinski definition) is 0. The Hall–Kier alpha value is -7.39. The van der Waals surface area contributed by atoms with Crippen LogP contribution in [0.25, 0.3) is 43.6 Å². The first kappa shape index (κ1) is 76.9. The molecule has 0 spiro atoms. The van der Waals surface area contributed by atoms with E-state index >= 15 is 0 Å². The quantitative estimate of drug-likeness (QED) is 0.140. The third kappa shape index (κ3) is 26.6. The number of benzene rings is 8. The van der Waals surface area contributed by atoms with Crippen LogP contribution < -0.4 is 30.6 Å². The van der Waals surface area contributed by atoms with Crippen LogP contribution in [0.5, 0.6) is 0 Å². The van der Waals surface area contributed by atoms with Crippen LogP contribution in [0, 0.1) is 79.9 Å². The van der Waals surface area contributed by atoms with Crippen molar-refractivity contribution in [3.63, 3.8) is 0 Å². The Bertz CT molecular complexity index is 3650. The molecule has 16 nitrogen and oxygen atoms in total. The Morgan fingerprint density at radius 1 is 0.222 bits per heavy atom. The standard InChI is InChI=1S/2C12H8N2.6C7H5ClO2.2Gd/c2*1-3-9-5-6-10-4-2-8-14-12(10)11(9)13-7-1;6*8-6-3-1-5(2-4-6)7(9)10;;/h2*1-8H;6*1-4H,(H,9,10);;/q;;;;;;;;2*+3/p-6. The summed E-state index contributed by atoms with van der Waals surface area (Å²) in [6.07, 6.45) is 7.21. The maximum absolute atomic E-state index is 10.2. The van der Waals surface area contributed by atoms with E-state index in [1.807, 2.05) is 24.3 Å². The van der Waals surface area contributed by atoms with Gasteiger partial charge in [0, 0.05) is 76.5 Å². The van der Waals surface area contributed by atoms with Crippen molar-refractivity contribution in [3.05, 3.63) is 307 Å². The molecule has 4 aromatic heterocycles. The minimum atomic E-state index is -1.18. The second kappa shape index (κ2) is 40.4. The van der Waals surface area contributed by atoms with Crippen molar-refractivity contribution in [2.45, 2.75) is 0 Å². The van der Waals surface area contributed by atoms with E-state index in [2.05, 4.69) is 68.5 Å². The number of fused-ring (bicyclic) bond motifs is 6. The smallest absolute Gasteiger partial charge is 0.545 e. The normalized spacial score (nSPS) is 9.58. The van der Waals surface area contributed by atoms with Crippen molar-refractivity contribution in [2.24, 2.45) is 0 Å². The molecule has 12 aromatic rings. The number of carboxylic acid groups (broad SMARTS) is 6. The van der Waals surface area contributed by atoms with Crippen LogP contribution in [-0.2, 0) is 0 Å². The first-order valence-corrected chi connectivity index (χ1v) is 27.3. The van der Waals surface area contributed by atoms with Gasteiger partial charge in [0.2, 0.25) is 0 Å². The number of rotatable bonds is 6. The molecular formula is C66H40Cl6Gd2N4O12. The van der Waals surface area contributed by atoms with Gasteiger partial charge in [0.05, 0.1) is 57.9 Å². The molecular weight excluding hydrogens is 1570 g/mol. The zero-order valence-corrected chi connectivity index (χ0v) is 54.8.